The van der Waals surface area contributed by atoms with Crippen LogP contribution in [-0.2, 0) is 6.18 Å². The topological polar surface area (TPSA) is 60.5 Å². The molecule has 4 rings (SSSR count). The standard InChI is InChI=1S/C25H19F3N2O3/c1-32-22-11-10-15(12-23(22)33-2)21-14-19(18-8-3-4-9-20(18)30-21)24(31)29-17-7-5-6-16(13-17)25(26,27)28/h3-14H,1-2H3,(H,29,31). The van der Waals surface area contributed by atoms with E-state index in [1.165, 1.54) is 26.4 Å². The molecule has 0 aliphatic rings. The van der Waals surface area contributed by atoms with Gasteiger partial charge in [-0.25, -0.2) is 4.98 Å². The van der Waals surface area contributed by atoms with Crippen LogP contribution in [0.3, 0.4) is 0 Å². The van der Waals surface area contributed by atoms with Crippen LogP contribution in [-0.4, -0.2) is 25.1 Å². The van der Waals surface area contributed by atoms with Crippen LogP contribution >= 0.6 is 0 Å². The summed E-state index contributed by atoms with van der Waals surface area (Å²) in [5.41, 5.74) is 1.24. The van der Waals surface area contributed by atoms with Crippen molar-refractivity contribution in [2.24, 2.45) is 0 Å². The zero-order valence-corrected chi connectivity index (χ0v) is 17.7. The Kier molecular flexibility index (Phi) is 5.91. The summed E-state index contributed by atoms with van der Waals surface area (Å²) in [4.78, 5) is 17.8. The Morgan fingerprint density at radius 1 is 0.879 bits per heavy atom. The maximum absolute atomic E-state index is 13.1. The zero-order valence-electron chi connectivity index (χ0n) is 17.7. The third kappa shape index (κ3) is 4.59. The zero-order chi connectivity index (χ0) is 23.6. The number of benzene rings is 3. The van der Waals surface area contributed by atoms with Crippen LogP contribution in [0.2, 0.25) is 0 Å². The van der Waals surface area contributed by atoms with Crippen LogP contribution in [0.15, 0.2) is 72.8 Å². The number of carbonyl (C=O) groups excluding carboxylic acids is 1. The smallest absolute Gasteiger partial charge is 0.416 e. The number of alkyl halides is 3. The molecule has 3 aromatic carbocycles. The molecule has 0 aliphatic heterocycles. The molecule has 0 fully saturated rings. The second-order valence-corrected chi connectivity index (χ2v) is 7.17. The van der Waals surface area contributed by atoms with Gasteiger partial charge in [0.05, 0.1) is 36.6 Å². The van der Waals surface area contributed by atoms with Crippen molar-refractivity contribution in [2.45, 2.75) is 6.18 Å². The highest BCUT2D eigenvalue weighted by Gasteiger charge is 2.30. The van der Waals surface area contributed by atoms with Crippen LogP contribution < -0.4 is 14.8 Å². The molecule has 8 heteroatoms. The van der Waals surface area contributed by atoms with E-state index in [1.54, 1.807) is 48.5 Å². The van der Waals surface area contributed by atoms with Crippen molar-refractivity contribution in [3.8, 4) is 22.8 Å². The lowest BCUT2D eigenvalue weighted by atomic mass is 10.0. The van der Waals surface area contributed by atoms with E-state index in [1.807, 2.05) is 0 Å². The second kappa shape index (κ2) is 8.82. The summed E-state index contributed by atoms with van der Waals surface area (Å²) in [7, 11) is 3.05. The van der Waals surface area contributed by atoms with Gasteiger partial charge < -0.3 is 14.8 Å². The van der Waals surface area contributed by atoms with E-state index in [0.717, 1.165) is 12.1 Å². The number of carbonyl (C=O) groups is 1. The summed E-state index contributed by atoms with van der Waals surface area (Å²) in [6.45, 7) is 0. The number of ether oxygens (including phenoxy) is 2. The van der Waals surface area contributed by atoms with Gasteiger partial charge in [0.1, 0.15) is 0 Å². The number of anilines is 1. The van der Waals surface area contributed by atoms with Gasteiger partial charge in [-0.3, -0.25) is 4.79 Å². The predicted molar refractivity (Wildman–Crippen MR) is 120 cm³/mol. The van der Waals surface area contributed by atoms with Gasteiger partial charge >= 0.3 is 6.18 Å². The van der Waals surface area contributed by atoms with Gasteiger partial charge in [-0.05, 0) is 48.5 Å². The SMILES string of the molecule is COc1ccc(-c2cc(C(=O)Nc3cccc(C(F)(F)F)c3)c3ccccc3n2)cc1OC. The highest BCUT2D eigenvalue weighted by atomic mass is 19.4. The number of halogens is 3. The van der Waals surface area contributed by atoms with E-state index in [9.17, 15) is 18.0 Å². The number of pyridine rings is 1. The predicted octanol–water partition coefficient (Wildman–Crippen LogP) is 6.19. The van der Waals surface area contributed by atoms with Crippen molar-refractivity contribution in [3.05, 3.63) is 83.9 Å². The average molecular weight is 452 g/mol. The Labute approximate surface area is 187 Å². The van der Waals surface area contributed by atoms with Crippen molar-refractivity contribution in [1.29, 1.82) is 0 Å². The lowest BCUT2D eigenvalue weighted by Gasteiger charge is -2.13. The van der Waals surface area contributed by atoms with Crippen molar-refractivity contribution in [1.82, 2.24) is 4.98 Å². The molecule has 0 saturated carbocycles. The van der Waals surface area contributed by atoms with Crippen LogP contribution in [0, 0.1) is 0 Å². The number of hydrogen-bond acceptors (Lipinski definition) is 4. The van der Waals surface area contributed by atoms with Gasteiger partial charge in [-0.15, -0.1) is 0 Å². The van der Waals surface area contributed by atoms with Gasteiger partial charge in [-0.1, -0.05) is 24.3 Å². The first-order chi connectivity index (χ1) is 15.8. The molecular formula is C25H19F3N2O3. The lowest BCUT2D eigenvalue weighted by Crippen LogP contribution is -2.14. The molecule has 0 bridgehead atoms. The van der Waals surface area contributed by atoms with E-state index in [0.29, 0.717) is 33.7 Å². The van der Waals surface area contributed by atoms with Crippen LogP contribution in [0.1, 0.15) is 15.9 Å². The van der Waals surface area contributed by atoms with E-state index < -0.39 is 17.6 Å². The second-order valence-electron chi connectivity index (χ2n) is 7.17. The van der Waals surface area contributed by atoms with Gasteiger partial charge in [-0.2, -0.15) is 13.2 Å². The van der Waals surface area contributed by atoms with E-state index in [-0.39, 0.29) is 11.3 Å². The minimum atomic E-state index is -4.51. The third-order valence-electron chi connectivity index (χ3n) is 5.09. The number of aromatic nitrogens is 1. The van der Waals surface area contributed by atoms with Crippen LogP contribution in [0.5, 0.6) is 11.5 Å². The fourth-order valence-electron chi connectivity index (χ4n) is 3.48. The molecule has 1 heterocycles. The largest absolute Gasteiger partial charge is 0.493 e. The number of nitrogens with zero attached hydrogens (tertiary/aromatic N) is 1. The van der Waals surface area contributed by atoms with E-state index >= 15 is 0 Å². The van der Waals surface area contributed by atoms with E-state index in [2.05, 4.69) is 10.3 Å². The molecule has 1 N–H and O–H groups in total. The molecule has 4 aromatic rings. The molecular weight excluding hydrogens is 433 g/mol. The van der Waals surface area contributed by atoms with Gasteiger partial charge in [0.2, 0.25) is 0 Å². The maximum Gasteiger partial charge on any atom is 0.416 e. The normalized spacial score (nSPS) is 11.3. The molecule has 33 heavy (non-hydrogen) atoms. The summed E-state index contributed by atoms with van der Waals surface area (Å²) < 4.78 is 49.8. The van der Waals surface area contributed by atoms with Gasteiger partial charge in [0.15, 0.2) is 11.5 Å². The monoisotopic (exact) mass is 452 g/mol. The van der Waals surface area contributed by atoms with Crippen molar-refractivity contribution in [3.63, 3.8) is 0 Å². The summed E-state index contributed by atoms with van der Waals surface area (Å²) in [5, 5.41) is 3.15. The molecule has 1 amide bonds. The summed E-state index contributed by atoms with van der Waals surface area (Å²) >= 11 is 0. The van der Waals surface area contributed by atoms with Crippen molar-refractivity contribution >= 4 is 22.5 Å². The minimum absolute atomic E-state index is 0.0448. The molecule has 0 radical (unpaired) electrons. The third-order valence-corrected chi connectivity index (χ3v) is 5.09. The highest BCUT2D eigenvalue weighted by molar-refractivity contribution is 6.13. The number of nitrogens with one attached hydrogen (secondary N) is 1. The fraction of sp³-hybridized carbons (Fsp3) is 0.120. The van der Waals surface area contributed by atoms with Gasteiger partial charge in [0, 0.05) is 16.6 Å². The quantitative estimate of drug-likeness (QED) is 0.392. The lowest BCUT2D eigenvalue weighted by molar-refractivity contribution is -0.137. The number of methoxy groups -OCH3 is 2. The first-order valence-electron chi connectivity index (χ1n) is 9.91. The van der Waals surface area contributed by atoms with Crippen LogP contribution in [0.25, 0.3) is 22.2 Å². The Hall–Kier alpha value is -4.07. The Balaban J connectivity index is 1.77. The number of rotatable bonds is 5. The molecule has 5 nitrogen and oxygen atoms in total. The minimum Gasteiger partial charge on any atom is -0.493 e. The number of fused-ring (bicyclic) bond motifs is 1. The summed E-state index contributed by atoms with van der Waals surface area (Å²) in [5.74, 6) is 0.499. The number of para-hydroxylation sites is 1. The van der Waals surface area contributed by atoms with Crippen molar-refractivity contribution < 1.29 is 27.4 Å². The first kappa shape index (κ1) is 22.1. The van der Waals surface area contributed by atoms with E-state index in [4.69, 9.17) is 9.47 Å². The number of amides is 1. The molecule has 0 atom stereocenters. The average Bonchev–Trinajstić information content (AvgIpc) is 2.82. The fourth-order valence-corrected chi connectivity index (χ4v) is 3.48. The van der Waals surface area contributed by atoms with Gasteiger partial charge in [0.25, 0.3) is 5.91 Å². The molecule has 1 aromatic heterocycles. The first-order valence-corrected chi connectivity index (χ1v) is 9.91. The maximum atomic E-state index is 13.1. The Morgan fingerprint density at radius 3 is 2.36 bits per heavy atom. The molecule has 0 aliphatic carbocycles. The van der Waals surface area contributed by atoms with Crippen molar-refractivity contribution in [2.75, 3.05) is 19.5 Å². The Bertz CT molecular complexity index is 1340. The molecule has 168 valence electrons. The summed E-state index contributed by atoms with van der Waals surface area (Å²) in [6, 6.07) is 18.4. The number of hydrogen-bond donors (Lipinski definition) is 1. The van der Waals surface area contributed by atoms with Crippen LogP contribution in [0.4, 0.5) is 18.9 Å². The molecule has 0 saturated heterocycles. The Morgan fingerprint density at radius 2 is 1.64 bits per heavy atom. The molecule has 0 spiro atoms. The summed E-state index contributed by atoms with van der Waals surface area (Å²) in [6.07, 6.45) is -4.51. The molecule has 0 unspecified atom stereocenters. The highest BCUT2D eigenvalue weighted by Crippen LogP contribution is 2.34.